The molecule has 3 N–H and O–H groups in total. The average molecular weight is 322 g/mol. The third-order valence-corrected chi connectivity index (χ3v) is 6.30. The molecule has 0 aromatic heterocycles. The molecule has 3 aliphatic carbocycles. The van der Waals surface area contributed by atoms with E-state index in [2.05, 4.69) is 19.9 Å². The number of aliphatic hydroxyl groups excluding tert-OH is 1. The SMILES string of the molecule is CC1(C)C2CC=C(COCC(O)CN3CCCC3C(N)=O)C1C2. The van der Waals surface area contributed by atoms with Gasteiger partial charge in [0.2, 0.25) is 5.91 Å². The highest BCUT2D eigenvalue weighted by atomic mass is 16.5. The van der Waals surface area contributed by atoms with Crippen molar-refractivity contribution in [2.75, 3.05) is 26.3 Å². The van der Waals surface area contributed by atoms with Crippen LogP contribution in [0.1, 0.15) is 39.5 Å². The van der Waals surface area contributed by atoms with Crippen LogP contribution in [0.2, 0.25) is 0 Å². The van der Waals surface area contributed by atoms with Gasteiger partial charge in [0.1, 0.15) is 0 Å². The molecule has 4 rings (SSSR count). The van der Waals surface area contributed by atoms with Gasteiger partial charge in [-0.25, -0.2) is 0 Å². The van der Waals surface area contributed by atoms with E-state index in [0.717, 1.165) is 25.3 Å². The van der Waals surface area contributed by atoms with E-state index in [0.29, 0.717) is 31.1 Å². The first kappa shape index (κ1) is 16.9. The predicted octanol–water partition coefficient (Wildman–Crippen LogP) is 1.31. The van der Waals surface area contributed by atoms with Crippen LogP contribution in [0.15, 0.2) is 11.6 Å². The third-order valence-electron chi connectivity index (χ3n) is 6.30. The van der Waals surface area contributed by atoms with Crippen molar-refractivity contribution in [1.82, 2.24) is 4.90 Å². The topological polar surface area (TPSA) is 75.8 Å². The van der Waals surface area contributed by atoms with Gasteiger partial charge in [-0.15, -0.1) is 0 Å². The van der Waals surface area contributed by atoms with Crippen LogP contribution in [-0.4, -0.2) is 54.4 Å². The van der Waals surface area contributed by atoms with E-state index < -0.39 is 6.10 Å². The number of allylic oxidation sites excluding steroid dienone is 1. The molecule has 0 aromatic rings. The summed E-state index contributed by atoms with van der Waals surface area (Å²) < 4.78 is 5.77. The highest BCUT2D eigenvalue weighted by Crippen LogP contribution is 2.59. The summed E-state index contributed by atoms with van der Waals surface area (Å²) in [5, 5.41) is 10.2. The zero-order valence-corrected chi connectivity index (χ0v) is 14.3. The summed E-state index contributed by atoms with van der Waals surface area (Å²) in [7, 11) is 0. The maximum absolute atomic E-state index is 11.4. The van der Waals surface area contributed by atoms with Gasteiger partial charge in [0, 0.05) is 6.54 Å². The van der Waals surface area contributed by atoms with Crippen molar-refractivity contribution in [2.24, 2.45) is 23.0 Å². The minimum absolute atomic E-state index is 0.224. The number of aliphatic hydroxyl groups is 1. The predicted molar refractivity (Wildman–Crippen MR) is 88.7 cm³/mol. The largest absolute Gasteiger partial charge is 0.389 e. The molecule has 4 atom stereocenters. The Balaban J connectivity index is 1.41. The monoisotopic (exact) mass is 322 g/mol. The van der Waals surface area contributed by atoms with Crippen molar-refractivity contribution in [1.29, 1.82) is 0 Å². The van der Waals surface area contributed by atoms with E-state index in [9.17, 15) is 9.90 Å². The van der Waals surface area contributed by atoms with Crippen molar-refractivity contribution in [3.63, 3.8) is 0 Å². The molecule has 1 saturated carbocycles. The van der Waals surface area contributed by atoms with Crippen LogP contribution in [0.4, 0.5) is 0 Å². The Bertz CT molecular complexity index is 489. The second-order valence-corrected chi connectivity index (χ2v) is 8.05. The van der Waals surface area contributed by atoms with Crippen LogP contribution < -0.4 is 5.73 Å². The Labute approximate surface area is 138 Å². The summed E-state index contributed by atoms with van der Waals surface area (Å²) in [4.78, 5) is 13.4. The Morgan fingerprint density at radius 2 is 2.35 bits per heavy atom. The van der Waals surface area contributed by atoms with E-state index in [1.165, 1.54) is 18.4 Å². The standard InChI is InChI=1S/C18H30N2O3/c1-18(2)13-6-5-12(15(18)8-13)10-23-11-14(21)9-20-7-3-4-16(20)17(19)22/h5,13-16,21H,3-4,6-11H2,1-2H3,(H2,19,22). The number of nitrogens with zero attached hydrogens (tertiary/aromatic N) is 1. The fourth-order valence-corrected chi connectivity index (χ4v) is 4.64. The van der Waals surface area contributed by atoms with E-state index in [-0.39, 0.29) is 11.9 Å². The lowest BCUT2D eigenvalue weighted by Gasteiger charge is -2.56. The van der Waals surface area contributed by atoms with Crippen molar-refractivity contribution < 1.29 is 14.6 Å². The lowest BCUT2D eigenvalue weighted by Crippen LogP contribution is -2.49. The van der Waals surface area contributed by atoms with Crippen LogP contribution in [0.5, 0.6) is 0 Å². The maximum atomic E-state index is 11.4. The van der Waals surface area contributed by atoms with Crippen LogP contribution >= 0.6 is 0 Å². The van der Waals surface area contributed by atoms with Crippen LogP contribution in [0.3, 0.4) is 0 Å². The smallest absolute Gasteiger partial charge is 0.234 e. The van der Waals surface area contributed by atoms with Crippen LogP contribution in [0.25, 0.3) is 0 Å². The Hall–Kier alpha value is -0.910. The lowest BCUT2D eigenvalue weighted by atomic mass is 9.49. The van der Waals surface area contributed by atoms with E-state index in [4.69, 9.17) is 10.5 Å². The molecule has 1 saturated heterocycles. The number of carbonyl (C=O) groups excluding carboxylic acids is 1. The summed E-state index contributed by atoms with van der Waals surface area (Å²) in [5.41, 5.74) is 7.22. The van der Waals surface area contributed by atoms with Gasteiger partial charge in [0.05, 0.1) is 25.4 Å². The van der Waals surface area contributed by atoms with Crippen LogP contribution in [-0.2, 0) is 9.53 Å². The quantitative estimate of drug-likeness (QED) is 0.693. The molecule has 130 valence electrons. The van der Waals surface area contributed by atoms with E-state index >= 15 is 0 Å². The minimum atomic E-state index is -0.568. The van der Waals surface area contributed by atoms with Crippen molar-refractivity contribution in [2.45, 2.75) is 51.7 Å². The number of likely N-dealkylation sites (tertiary alicyclic amines) is 1. The second kappa shape index (κ2) is 6.54. The van der Waals surface area contributed by atoms with Gasteiger partial charge in [-0.3, -0.25) is 9.69 Å². The van der Waals surface area contributed by atoms with Crippen molar-refractivity contribution in [3.05, 3.63) is 11.6 Å². The van der Waals surface area contributed by atoms with Gasteiger partial charge >= 0.3 is 0 Å². The van der Waals surface area contributed by atoms with Crippen LogP contribution in [0, 0.1) is 17.3 Å². The number of ether oxygens (including phenoxy) is 1. The Morgan fingerprint density at radius 3 is 3.00 bits per heavy atom. The first-order valence-electron chi connectivity index (χ1n) is 8.87. The molecule has 0 radical (unpaired) electrons. The molecule has 1 amide bonds. The third kappa shape index (κ3) is 3.32. The molecule has 1 heterocycles. The number of carbonyl (C=O) groups is 1. The molecular formula is C18H30N2O3. The highest BCUT2D eigenvalue weighted by Gasteiger charge is 2.50. The first-order valence-corrected chi connectivity index (χ1v) is 8.87. The van der Waals surface area contributed by atoms with E-state index in [1.807, 2.05) is 4.90 Å². The molecule has 4 aliphatic rings. The number of fused-ring (bicyclic) bond motifs is 1. The zero-order chi connectivity index (χ0) is 16.6. The molecule has 23 heavy (non-hydrogen) atoms. The maximum Gasteiger partial charge on any atom is 0.234 e. The molecule has 0 aromatic carbocycles. The molecule has 5 nitrogen and oxygen atoms in total. The summed E-state index contributed by atoms with van der Waals surface area (Å²) >= 11 is 0. The summed E-state index contributed by atoms with van der Waals surface area (Å²) in [6.45, 7) is 6.93. The Kier molecular flexibility index (Phi) is 4.81. The van der Waals surface area contributed by atoms with E-state index in [1.54, 1.807) is 0 Å². The number of hydrogen-bond donors (Lipinski definition) is 2. The Morgan fingerprint density at radius 1 is 1.57 bits per heavy atom. The van der Waals surface area contributed by atoms with Crippen molar-refractivity contribution >= 4 is 5.91 Å². The molecule has 5 heteroatoms. The number of β-amino-alcohol motifs (C(OH)–C–C–N with tert-alkyl or cyclic N) is 1. The van der Waals surface area contributed by atoms with Gasteiger partial charge in [-0.05, 0) is 55.1 Å². The zero-order valence-electron chi connectivity index (χ0n) is 14.3. The highest BCUT2D eigenvalue weighted by molar-refractivity contribution is 5.80. The number of hydrogen-bond acceptors (Lipinski definition) is 4. The fraction of sp³-hybridized carbons (Fsp3) is 0.833. The fourth-order valence-electron chi connectivity index (χ4n) is 4.64. The molecular weight excluding hydrogens is 292 g/mol. The molecule has 2 fully saturated rings. The molecule has 1 aliphatic heterocycles. The van der Waals surface area contributed by atoms with Gasteiger partial charge in [0.15, 0.2) is 0 Å². The minimum Gasteiger partial charge on any atom is -0.389 e. The number of primary amides is 1. The average Bonchev–Trinajstić information content (AvgIpc) is 2.95. The van der Waals surface area contributed by atoms with Crippen molar-refractivity contribution in [3.8, 4) is 0 Å². The molecule has 2 bridgehead atoms. The number of rotatable bonds is 7. The second-order valence-electron chi connectivity index (χ2n) is 8.05. The molecule has 4 unspecified atom stereocenters. The number of nitrogens with two attached hydrogens (primary N) is 1. The van der Waals surface area contributed by atoms with Gasteiger partial charge in [-0.1, -0.05) is 19.9 Å². The normalized spacial score (nSPS) is 33.9. The van der Waals surface area contributed by atoms with Gasteiger partial charge in [0.25, 0.3) is 0 Å². The summed E-state index contributed by atoms with van der Waals surface area (Å²) in [5.74, 6) is 1.20. The lowest BCUT2D eigenvalue weighted by molar-refractivity contribution is -0.122. The number of amides is 1. The summed E-state index contributed by atoms with van der Waals surface area (Å²) in [6, 6.07) is -0.224. The first-order chi connectivity index (χ1) is 10.9. The summed E-state index contributed by atoms with van der Waals surface area (Å²) in [6.07, 6.45) is 5.98. The van der Waals surface area contributed by atoms with Gasteiger partial charge in [-0.2, -0.15) is 0 Å². The van der Waals surface area contributed by atoms with Gasteiger partial charge < -0.3 is 15.6 Å². The molecule has 0 spiro atoms.